The fraction of sp³-hybridized carbons (Fsp3) is 0.917. The summed E-state index contributed by atoms with van der Waals surface area (Å²) in [6.45, 7) is 4.46. The van der Waals surface area contributed by atoms with Crippen molar-refractivity contribution in [3.8, 4) is 0 Å². The van der Waals surface area contributed by atoms with Crippen LogP contribution >= 0.6 is 0 Å². The maximum absolute atomic E-state index is 4.20. The molecule has 1 aliphatic carbocycles. The highest BCUT2D eigenvalue weighted by Gasteiger charge is 2.35. The maximum Gasteiger partial charge on any atom is 0.165 e. The summed E-state index contributed by atoms with van der Waals surface area (Å²) >= 11 is 0. The lowest BCUT2D eigenvalue weighted by Gasteiger charge is -2.24. The number of likely N-dealkylation sites (tertiary alicyclic amines) is 1. The lowest BCUT2D eigenvalue weighted by Crippen LogP contribution is -2.40. The van der Waals surface area contributed by atoms with Gasteiger partial charge in [-0.3, -0.25) is 4.90 Å². The SMILES string of the molecule is C1CNC2CN(Cc3nnnn3C3CC3)CC2C1. The van der Waals surface area contributed by atoms with E-state index in [1.807, 2.05) is 4.68 Å². The van der Waals surface area contributed by atoms with Gasteiger partial charge < -0.3 is 5.32 Å². The van der Waals surface area contributed by atoms with Gasteiger partial charge in [0.05, 0.1) is 12.6 Å². The van der Waals surface area contributed by atoms with Crippen LogP contribution in [0, 0.1) is 5.92 Å². The number of fused-ring (bicyclic) bond motifs is 1. The molecule has 2 saturated heterocycles. The number of aromatic nitrogens is 4. The molecule has 4 rings (SSSR count). The summed E-state index contributed by atoms with van der Waals surface area (Å²) in [7, 11) is 0. The van der Waals surface area contributed by atoms with Gasteiger partial charge in [0.1, 0.15) is 0 Å². The molecule has 1 saturated carbocycles. The van der Waals surface area contributed by atoms with Crippen LogP contribution in [0.25, 0.3) is 0 Å². The van der Waals surface area contributed by atoms with E-state index in [1.54, 1.807) is 0 Å². The number of hydrogen-bond acceptors (Lipinski definition) is 5. The van der Waals surface area contributed by atoms with Gasteiger partial charge >= 0.3 is 0 Å². The van der Waals surface area contributed by atoms with Gasteiger partial charge in [-0.2, -0.15) is 0 Å². The Balaban J connectivity index is 1.44. The van der Waals surface area contributed by atoms with Gasteiger partial charge in [-0.25, -0.2) is 4.68 Å². The molecular weight excluding hydrogens is 228 g/mol. The molecule has 18 heavy (non-hydrogen) atoms. The maximum atomic E-state index is 4.20. The van der Waals surface area contributed by atoms with Crippen LogP contribution in [0.15, 0.2) is 0 Å². The number of rotatable bonds is 3. The molecule has 1 aromatic rings. The Kier molecular flexibility index (Phi) is 2.58. The molecule has 0 aromatic carbocycles. The second-order valence-electron chi connectivity index (χ2n) is 5.93. The van der Waals surface area contributed by atoms with Crippen LogP contribution in [-0.4, -0.2) is 50.8 Å². The second kappa shape index (κ2) is 4.28. The Morgan fingerprint density at radius 1 is 1.22 bits per heavy atom. The Hall–Kier alpha value is -1.01. The smallest absolute Gasteiger partial charge is 0.165 e. The summed E-state index contributed by atoms with van der Waals surface area (Å²) in [5.41, 5.74) is 0. The molecule has 3 fully saturated rings. The van der Waals surface area contributed by atoms with E-state index in [0.29, 0.717) is 12.1 Å². The van der Waals surface area contributed by atoms with Gasteiger partial charge in [0.15, 0.2) is 5.82 Å². The average molecular weight is 248 g/mol. The van der Waals surface area contributed by atoms with Gasteiger partial charge in [0.25, 0.3) is 0 Å². The zero-order valence-electron chi connectivity index (χ0n) is 10.6. The molecule has 6 nitrogen and oxygen atoms in total. The average Bonchev–Trinajstić information content (AvgIpc) is 2.98. The van der Waals surface area contributed by atoms with Crippen molar-refractivity contribution in [2.45, 2.75) is 44.3 Å². The molecule has 2 unspecified atom stereocenters. The Labute approximate surface area is 107 Å². The highest BCUT2D eigenvalue weighted by atomic mass is 15.6. The van der Waals surface area contributed by atoms with Crippen molar-refractivity contribution in [3.05, 3.63) is 5.82 Å². The zero-order chi connectivity index (χ0) is 11.9. The number of nitrogens with one attached hydrogen (secondary N) is 1. The van der Waals surface area contributed by atoms with Crippen molar-refractivity contribution in [3.63, 3.8) is 0 Å². The Morgan fingerprint density at radius 3 is 3.00 bits per heavy atom. The molecule has 0 radical (unpaired) electrons. The molecule has 1 aromatic heterocycles. The molecule has 1 N–H and O–H groups in total. The van der Waals surface area contributed by atoms with Crippen LogP contribution in [0.5, 0.6) is 0 Å². The van der Waals surface area contributed by atoms with Crippen LogP contribution in [0.4, 0.5) is 0 Å². The van der Waals surface area contributed by atoms with Crippen LogP contribution < -0.4 is 5.32 Å². The summed E-state index contributed by atoms with van der Waals surface area (Å²) in [4.78, 5) is 2.51. The van der Waals surface area contributed by atoms with E-state index in [0.717, 1.165) is 24.8 Å². The minimum Gasteiger partial charge on any atom is -0.312 e. The van der Waals surface area contributed by atoms with Crippen LogP contribution in [0.2, 0.25) is 0 Å². The van der Waals surface area contributed by atoms with E-state index in [1.165, 1.54) is 38.8 Å². The summed E-state index contributed by atoms with van der Waals surface area (Å²) in [6.07, 6.45) is 5.19. The van der Waals surface area contributed by atoms with Crippen molar-refractivity contribution >= 4 is 0 Å². The minimum absolute atomic E-state index is 0.581. The third-order valence-electron chi connectivity index (χ3n) is 4.49. The Morgan fingerprint density at radius 2 is 2.17 bits per heavy atom. The van der Waals surface area contributed by atoms with E-state index >= 15 is 0 Å². The molecule has 0 amide bonds. The van der Waals surface area contributed by atoms with Gasteiger partial charge in [-0.15, -0.1) is 5.10 Å². The summed E-state index contributed by atoms with van der Waals surface area (Å²) in [6, 6.07) is 1.28. The molecule has 0 bridgehead atoms. The number of nitrogens with zero attached hydrogens (tertiary/aromatic N) is 5. The highest BCUT2D eigenvalue weighted by molar-refractivity contribution is 4.96. The minimum atomic E-state index is 0.581. The van der Waals surface area contributed by atoms with Gasteiger partial charge in [-0.05, 0) is 48.6 Å². The topological polar surface area (TPSA) is 58.9 Å². The predicted molar refractivity (Wildman–Crippen MR) is 65.9 cm³/mol. The number of piperidine rings is 1. The Bertz CT molecular complexity index is 412. The van der Waals surface area contributed by atoms with E-state index in [9.17, 15) is 0 Å². The van der Waals surface area contributed by atoms with E-state index in [-0.39, 0.29) is 0 Å². The summed E-state index contributed by atoms with van der Waals surface area (Å²) in [5.74, 6) is 1.89. The molecule has 2 aliphatic heterocycles. The van der Waals surface area contributed by atoms with Crippen molar-refractivity contribution in [2.24, 2.45) is 5.92 Å². The van der Waals surface area contributed by atoms with Crippen LogP contribution in [0.3, 0.4) is 0 Å². The van der Waals surface area contributed by atoms with Gasteiger partial charge in [0, 0.05) is 19.1 Å². The van der Waals surface area contributed by atoms with Crippen molar-refractivity contribution in [1.29, 1.82) is 0 Å². The fourth-order valence-corrected chi connectivity index (χ4v) is 3.38. The number of tetrazole rings is 1. The van der Waals surface area contributed by atoms with Gasteiger partial charge in [0.2, 0.25) is 0 Å². The quantitative estimate of drug-likeness (QED) is 0.827. The zero-order valence-corrected chi connectivity index (χ0v) is 10.6. The fourth-order valence-electron chi connectivity index (χ4n) is 3.38. The van der Waals surface area contributed by atoms with E-state index < -0.39 is 0 Å². The van der Waals surface area contributed by atoms with Crippen LogP contribution in [-0.2, 0) is 6.54 Å². The van der Waals surface area contributed by atoms with E-state index in [2.05, 4.69) is 25.7 Å². The van der Waals surface area contributed by atoms with Gasteiger partial charge in [-0.1, -0.05) is 0 Å². The lowest BCUT2D eigenvalue weighted by atomic mass is 9.94. The third kappa shape index (κ3) is 1.93. The molecule has 3 aliphatic rings. The highest BCUT2D eigenvalue weighted by Crippen LogP contribution is 2.35. The van der Waals surface area contributed by atoms with Crippen molar-refractivity contribution < 1.29 is 0 Å². The summed E-state index contributed by atoms with van der Waals surface area (Å²) in [5, 5.41) is 15.8. The molecule has 0 spiro atoms. The molecule has 6 heteroatoms. The lowest BCUT2D eigenvalue weighted by molar-refractivity contribution is 0.298. The molecular formula is C12H20N6. The first-order valence-electron chi connectivity index (χ1n) is 7.12. The van der Waals surface area contributed by atoms with Crippen molar-refractivity contribution in [1.82, 2.24) is 30.4 Å². The first-order valence-corrected chi connectivity index (χ1v) is 7.12. The second-order valence-corrected chi connectivity index (χ2v) is 5.93. The monoisotopic (exact) mass is 248 g/mol. The first-order chi connectivity index (χ1) is 8.90. The van der Waals surface area contributed by atoms with E-state index in [4.69, 9.17) is 0 Å². The normalized spacial score (nSPS) is 32.7. The van der Waals surface area contributed by atoms with Crippen molar-refractivity contribution in [2.75, 3.05) is 19.6 Å². The standard InChI is InChI=1S/C12H20N6/c1-2-9-6-17(7-11(9)13-5-1)8-12-14-15-16-18(12)10-3-4-10/h9-11,13H,1-8H2. The molecule has 3 heterocycles. The molecule has 98 valence electrons. The first kappa shape index (κ1) is 10.9. The van der Waals surface area contributed by atoms with Crippen LogP contribution in [0.1, 0.15) is 37.5 Å². The molecule has 2 atom stereocenters. The summed E-state index contributed by atoms with van der Waals surface area (Å²) < 4.78 is 2.04. The number of hydrogen-bond donors (Lipinski definition) is 1. The largest absolute Gasteiger partial charge is 0.312 e. The predicted octanol–water partition coefficient (Wildman–Crippen LogP) is 0.192. The third-order valence-corrected chi connectivity index (χ3v) is 4.49.